The highest BCUT2D eigenvalue weighted by molar-refractivity contribution is 7.91. The molecule has 1 N–H and O–H groups in total. The van der Waals surface area contributed by atoms with Crippen LogP contribution in [-0.2, 0) is 19.3 Å². The summed E-state index contributed by atoms with van der Waals surface area (Å²) in [6.45, 7) is 0.507. The van der Waals surface area contributed by atoms with Crippen molar-refractivity contribution in [1.29, 1.82) is 0 Å². The quantitative estimate of drug-likeness (QED) is 0.326. The van der Waals surface area contributed by atoms with Crippen molar-refractivity contribution in [3.63, 3.8) is 0 Å². The molecule has 3 heterocycles. The highest BCUT2D eigenvalue weighted by Gasteiger charge is 2.35. The number of ether oxygens (including phenoxy) is 2. The third-order valence-corrected chi connectivity index (χ3v) is 8.40. The van der Waals surface area contributed by atoms with Crippen LogP contribution in [0.3, 0.4) is 0 Å². The molecule has 0 spiro atoms. The first kappa shape index (κ1) is 26.7. The molecule has 2 aromatic carbocycles. The summed E-state index contributed by atoms with van der Waals surface area (Å²) in [5.74, 6) is -1.39. The fourth-order valence-electron chi connectivity index (χ4n) is 4.71. The smallest absolute Gasteiger partial charge is 0.277 e. The lowest BCUT2D eigenvalue weighted by molar-refractivity contribution is 0.0935. The summed E-state index contributed by atoms with van der Waals surface area (Å²) in [4.78, 5) is 20.8. The van der Waals surface area contributed by atoms with Crippen molar-refractivity contribution < 1.29 is 27.4 Å². The van der Waals surface area contributed by atoms with Gasteiger partial charge in [0.25, 0.3) is 5.56 Å². The van der Waals surface area contributed by atoms with Gasteiger partial charge in [0, 0.05) is 25.5 Å². The van der Waals surface area contributed by atoms with Crippen LogP contribution in [0.4, 0.5) is 4.39 Å². The van der Waals surface area contributed by atoms with Gasteiger partial charge in [-0.05, 0) is 48.2 Å². The van der Waals surface area contributed by atoms with E-state index in [9.17, 15) is 22.7 Å². The number of methoxy groups -OCH3 is 1. The summed E-state index contributed by atoms with van der Waals surface area (Å²) in [5, 5.41) is 10.9. The Morgan fingerprint density at radius 1 is 1.10 bits per heavy atom. The standard InChI is InChI=1S/C28H26FN3O6S/c1-37-17-22(19-6-3-2-4-7-19)32-26(23-8-5-15-38-23)31-27(33)25(28(32)34)39(35,36)21-12-9-18(10-13-21)20-11-14-24(29)30-16-20/h2-4,6-7,9-14,16,22-23,33H,5,8,15,17H2,1H3/t22-,23?/m0/s1. The molecule has 2 atom stereocenters. The Morgan fingerprint density at radius 2 is 1.82 bits per heavy atom. The summed E-state index contributed by atoms with van der Waals surface area (Å²) in [5.41, 5.74) is 0.956. The van der Waals surface area contributed by atoms with E-state index in [-0.39, 0.29) is 17.3 Å². The number of nitrogens with zero attached hydrogens (tertiary/aromatic N) is 3. The average Bonchev–Trinajstić information content (AvgIpc) is 3.48. The zero-order valence-corrected chi connectivity index (χ0v) is 21.8. The fraction of sp³-hybridized carbons (Fsp3) is 0.250. The van der Waals surface area contributed by atoms with Gasteiger partial charge in [-0.15, -0.1) is 0 Å². The molecule has 11 heteroatoms. The van der Waals surface area contributed by atoms with Gasteiger partial charge < -0.3 is 14.6 Å². The van der Waals surface area contributed by atoms with Crippen molar-refractivity contribution >= 4 is 9.84 Å². The second kappa shape index (κ2) is 11.0. The third kappa shape index (κ3) is 5.20. The summed E-state index contributed by atoms with van der Waals surface area (Å²) in [6.07, 6.45) is 2.03. The van der Waals surface area contributed by atoms with E-state index in [2.05, 4.69) is 9.97 Å². The van der Waals surface area contributed by atoms with E-state index in [0.717, 1.165) is 6.42 Å². The van der Waals surface area contributed by atoms with Gasteiger partial charge in [0.1, 0.15) is 11.9 Å². The Bertz CT molecular complexity index is 1620. The molecule has 1 unspecified atom stereocenters. The fourth-order valence-corrected chi connectivity index (χ4v) is 6.06. The topological polar surface area (TPSA) is 121 Å². The van der Waals surface area contributed by atoms with E-state index in [1.165, 1.54) is 54.3 Å². The van der Waals surface area contributed by atoms with Crippen molar-refractivity contribution in [3.05, 3.63) is 101 Å². The lowest BCUT2D eigenvalue weighted by Gasteiger charge is -2.25. The zero-order valence-electron chi connectivity index (χ0n) is 21.0. The van der Waals surface area contributed by atoms with Gasteiger partial charge in [0.05, 0.1) is 17.5 Å². The van der Waals surface area contributed by atoms with Crippen LogP contribution in [0.25, 0.3) is 11.1 Å². The van der Waals surface area contributed by atoms with Crippen molar-refractivity contribution in [2.75, 3.05) is 20.3 Å². The van der Waals surface area contributed by atoms with E-state index in [1.807, 2.05) is 6.07 Å². The average molecular weight is 552 g/mol. The summed E-state index contributed by atoms with van der Waals surface area (Å²) < 4.78 is 53.1. The Kier molecular flexibility index (Phi) is 7.56. The van der Waals surface area contributed by atoms with Crippen LogP contribution in [0.15, 0.2) is 87.5 Å². The molecule has 1 aliphatic heterocycles. The van der Waals surface area contributed by atoms with E-state index in [4.69, 9.17) is 9.47 Å². The monoisotopic (exact) mass is 551 g/mol. The zero-order chi connectivity index (χ0) is 27.6. The summed E-state index contributed by atoms with van der Waals surface area (Å²) in [6, 6.07) is 16.7. The van der Waals surface area contributed by atoms with Gasteiger partial charge in [0.15, 0.2) is 4.90 Å². The molecule has 39 heavy (non-hydrogen) atoms. The van der Waals surface area contributed by atoms with E-state index < -0.39 is 44.3 Å². The first-order valence-corrected chi connectivity index (χ1v) is 13.8. The SMILES string of the molecule is COC[C@@H](c1ccccc1)n1c(C2CCCO2)nc(O)c(S(=O)(=O)c2ccc(-c3ccc(F)nc3)cc2)c1=O. The number of hydrogen-bond donors (Lipinski definition) is 1. The molecule has 2 aromatic heterocycles. The highest BCUT2D eigenvalue weighted by atomic mass is 32.2. The van der Waals surface area contributed by atoms with Crippen LogP contribution >= 0.6 is 0 Å². The Balaban J connectivity index is 1.65. The van der Waals surface area contributed by atoms with Crippen LogP contribution in [0, 0.1) is 5.95 Å². The van der Waals surface area contributed by atoms with Crippen molar-refractivity contribution in [3.8, 4) is 17.0 Å². The Morgan fingerprint density at radius 3 is 2.44 bits per heavy atom. The number of pyridine rings is 1. The van der Waals surface area contributed by atoms with Gasteiger partial charge in [-0.2, -0.15) is 9.37 Å². The van der Waals surface area contributed by atoms with Crippen molar-refractivity contribution in [2.24, 2.45) is 0 Å². The maximum Gasteiger partial charge on any atom is 0.277 e. The van der Waals surface area contributed by atoms with Gasteiger partial charge in [0.2, 0.25) is 21.7 Å². The van der Waals surface area contributed by atoms with Crippen LogP contribution < -0.4 is 5.56 Å². The number of aromatic nitrogens is 3. The maximum absolute atomic E-state index is 14.0. The molecule has 1 aliphatic rings. The molecule has 0 saturated carbocycles. The second-order valence-electron chi connectivity index (χ2n) is 9.08. The van der Waals surface area contributed by atoms with E-state index in [0.29, 0.717) is 29.7 Å². The normalized spacial score (nSPS) is 16.3. The number of halogens is 1. The number of benzene rings is 2. The number of rotatable bonds is 8. The van der Waals surface area contributed by atoms with Gasteiger partial charge in [-0.1, -0.05) is 42.5 Å². The van der Waals surface area contributed by atoms with Crippen molar-refractivity contribution in [2.45, 2.75) is 34.8 Å². The molecular formula is C28H26FN3O6S. The lowest BCUT2D eigenvalue weighted by Crippen LogP contribution is -2.36. The van der Waals surface area contributed by atoms with Crippen LogP contribution in [0.1, 0.15) is 36.4 Å². The molecule has 1 fully saturated rings. The first-order valence-electron chi connectivity index (χ1n) is 12.3. The van der Waals surface area contributed by atoms with Gasteiger partial charge >= 0.3 is 0 Å². The molecule has 4 aromatic rings. The van der Waals surface area contributed by atoms with E-state index in [1.54, 1.807) is 24.3 Å². The third-order valence-electron chi connectivity index (χ3n) is 6.62. The van der Waals surface area contributed by atoms with E-state index >= 15 is 0 Å². The van der Waals surface area contributed by atoms with Gasteiger partial charge in [-0.3, -0.25) is 9.36 Å². The minimum absolute atomic E-state index is 0.0516. The summed E-state index contributed by atoms with van der Waals surface area (Å²) >= 11 is 0. The molecule has 0 aliphatic carbocycles. The molecule has 0 radical (unpaired) electrons. The largest absolute Gasteiger partial charge is 0.492 e. The predicted octanol–water partition coefficient (Wildman–Crippen LogP) is 4.07. The minimum Gasteiger partial charge on any atom is -0.492 e. The molecule has 0 bridgehead atoms. The van der Waals surface area contributed by atoms with Crippen LogP contribution in [0.2, 0.25) is 0 Å². The predicted molar refractivity (Wildman–Crippen MR) is 140 cm³/mol. The molecule has 0 amide bonds. The number of aromatic hydroxyl groups is 1. The molecule has 9 nitrogen and oxygen atoms in total. The Labute approximate surface area is 224 Å². The Hall–Kier alpha value is -3.93. The first-order chi connectivity index (χ1) is 18.8. The second-order valence-corrected chi connectivity index (χ2v) is 11.0. The molecule has 202 valence electrons. The van der Waals surface area contributed by atoms with Gasteiger partial charge in [-0.25, -0.2) is 13.4 Å². The van der Waals surface area contributed by atoms with Crippen LogP contribution in [0.5, 0.6) is 5.88 Å². The number of hydrogen-bond acceptors (Lipinski definition) is 8. The maximum atomic E-state index is 14.0. The molecule has 1 saturated heterocycles. The minimum atomic E-state index is -4.50. The molecule has 5 rings (SSSR count). The summed E-state index contributed by atoms with van der Waals surface area (Å²) in [7, 11) is -3.02. The number of sulfone groups is 1. The van der Waals surface area contributed by atoms with Crippen molar-refractivity contribution in [1.82, 2.24) is 14.5 Å². The highest BCUT2D eigenvalue weighted by Crippen LogP contribution is 2.34. The lowest BCUT2D eigenvalue weighted by atomic mass is 10.1. The molecular weight excluding hydrogens is 525 g/mol. The van der Waals surface area contributed by atoms with Crippen LogP contribution in [-0.4, -0.2) is 48.4 Å².